The Morgan fingerprint density at radius 3 is 2.30 bits per heavy atom. The molecular formula is C18H38N2. The van der Waals surface area contributed by atoms with E-state index in [0.717, 1.165) is 18.4 Å². The molecule has 0 amide bonds. The van der Waals surface area contributed by atoms with Gasteiger partial charge in [0.15, 0.2) is 0 Å². The summed E-state index contributed by atoms with van der Waals surface area (Å²) in [6, 6.07) is 0. The lowest BCUT2D eigenvalue weighted by molar-refractivity contribution is 0.155. The molecule has 2 unspecified atom stereocenters. The third kappa shape index (κ3) is 6.13. The maximum absolute atomic E-state index is 3.73. The lowest BCUT2D eigenvalue weighted by atomic mass is 9.84. The average Bonchev–Trinajstić information content (AvgIpc) is 2.74. The van der Waals surface area contributed by atoms with Crippen LogP contribution in [0.4, 0.5) is 0 Å². The van der Waals surface area contributed by atoms with Crippen molar-refractivity contribution >= 4 is 0 Å². The van der Waals surface area contributed by atoms with Gasteiger partial charge in [-0.25, -0.2) is 0 Å². The van der Waals surface area contributed by atoms with Crippen molar-refractivity contribution in [3.8, 4) is 0 Å². The zero-order valence-corrected chi connectivity index (χ0v) is 15.1. The molecule has 0 aromatic heterocycles. The Hall–Kier alpha value is -0.0800. The highest BCUT2D eigenvalue weighted by Crippen LogP contribution is 2.30. The van der Waals surface area contributed by atoms with Crippen LogP contribution >= 0.6 is 0 Å². The summed E-state index contributed by atoms with van der Waals surface area (Å²) >= 11 is 0. The summed E-state index contributed by atoms with van der Waals surface area (Å²) in [7, 11) is 0. The molecule has 0 radical (unpaired) electrons. The zero-order chi connectivity index (χ0) is 15.4. The Balaban J connectivity index is 2.53. The third-order valence-electron chi connectivity index (χ3n) is 4.76. The number of rotatable bonds is 7. The van der Waals surface area contributed by atoms with Gasteiger partial charge in [0, 0.05) is 25.2 Å². The molecule has 0 spiro atoms. The van der Waals surface area contributed by atoms with Crippen LogP contribution in [0, 0.1) is 17.3 Å². The van der Waals surface area contributed by atoms with E-state index in [1.54, 1.807) is 0 Å². The fourth-order valence-corrected chi connectivity index (χ4v) is 3.40. The van der Waals surface area contributed by atoms with Gasteiger partial charge < -0.3 is 10.2 Å². The van der Waals surface area contributed by atoms with E-state index < -0.39 is 0 Å². The van der Waals surface area contributed by atoms with Crippen LogP contribution < -0.4 is 5.32 Å². The van der Waals surface area contributed by atoms with Crippen LogP contribution in [0.1, 0.15) is 67.7 Å². The minimum Gasteiger partial charge on any atom is -0.311 e. The molecule has 1 rings (SSSR count). The van der Waals surface area contributed by atoms with Gasteiger partial charge in [-0.05, 0) is 57.4 Å². The molecule has 0 aromatic rings. The summed E-state index contributed by atoms with van der Waals surface area (Å²) in [4.78, 5) is 2.71. The predicted octanol–water partition coefficient (Wildman–Crippen LogP) is 4.16. The van der Waals surface area contributed by atoms with Crippen molar-refractivity contribution in [2.24, 2.45) is 17.3 Å². The van der Waals surface area contributed by atoms with Gasteiger partial charge in [0.2, 0.25) is 0 Å². The molecular weight excluding hydrogens is 244 g/mol. The third-order valence-corrected chi connectivity index (χ3v) is 4.76. The summed E-state index contributed by atoms with van der Waals surface area (Å²) in [5.74, 6) is 1.75. The van der Waals surface area contributed by atoms with Crippen LogP contribution in [0.5, 0.6) is 0 Å². The summed E-state index contributed by atoms with van der Waals surface area (Å²) < 4.78 is 0. The van der Waals surface area contributed by atoms with Crippen molar-refractivity contribution in [3.05, 3.63) is 0 Å². The van der Waals surface area contributed by atoms with E-state index in [1.807, 2.05) is 0 Å². The molecule has 1 heterocycles. The standard InChI is InChI=1S/C18H38N2/c1-8-10-18(7,13-19-17(4,5)6)14-20-11-9-16(12-20)15(2)3/h15-16,19H,8-14H2,1-7H3. The summed E-state index contributed by atoms with van der Waals surface area (Å²) in [6.07, 6.45) is 4.00. The van der Waals surface area contributed by atoms with Gasteiger partial charge in [-0.2, -0.15) is 0 Å². The van der Waals surface area contributed by atoms with Gasteiger partial charge >= 0.3 is 0 Å². The van der Waals surface area contributed by atoms with Gasteiger partial charge in [0.05, 0.1) is 0 Å². The fraction of sp³-hybridized carbons (Fsp3) is 1.00. The van der Waals surface area contributed by atoms with Gasteiger partial charge in [0.25, 0.3) is 0 Å². The Labute approximate surface area is 127 Å². The van der Waals surface area contributed by atoms with E-state index in [1.165, 1.54) is 38.9 Å². The van der Waals surface area contributed by atoms with E-state index in [-0.39, 0.29) is 5.54 Å². The van der Waals surface area contributed by atoms with Crippen LogP contribution in [0.25, 0.3) is 0 Å². The quantitative estimate of drug-likeness (QED) is 0.754. The zero-order valence-electron chi connectivity index (χ0n) is 15.1. The van der Waals surface area contributed by atoms with E-state index in [2.05, 4.69) is 58.7 Å². The van der Waals surface area contributed by atoms with Crippen molar-refractivity contribution < 1.29 is 0 Å². The first-order chi connectivity index (χ1) is 9.15. The minimum atomic E-state index is 0.223. The Bertz CT molecular complexity index is 280. The first kappa shape index (κ1) is 18.0. The van der Waals surface area contributed by atoms with E-state index >= 15 is 0 Å². The number of likely N-dealkylation sites (tertiary alicyclic amines) is 1. The van der Waals surface area contributed by atoms with Crippen LogP contribution in [0.3, 0.4) is 0 Å². The van der Waals surface area contributed by atoms with E-state index in [0.29, 0.717) is 5.41 Å². The average molecular weight is 283 g/mol. The molecule has 2 atom stereocenters. The van der Waals surface area contributed by atoms with Crippen LogP contribution in [0.2, 0.25) is 0 Å². The summed E-state index contributed by atoms with van der Waals surface area (Å²) in [5, 5.41) is 3.73. The highest BCUT2D eigenvalue weighted by atomic mass is 15.2. The second-order valence-electron chi connectivity index (χ2n) is 8.69. The minimum absolute atomic E-state index is 0.223. The molecule has 20 heavy (non-hydrogen) atoms. The molecule has 0 bridgehead atoms. The smallest absolute Gasteiger partial charge is 0.00967 e. The lowest BCUT2D eigenvalue weighted by Gasteiger charge is -2.37. The molecule has 1 aliphatic rings. The number of nitrogens with zero attached hydrogens (tertiary/aromatic N) is 1. The molecule has 1 fully saturated rings. The number of nitrogens with one attached hydrogen (secondary N) is 1. The molecule has 0 saturated carbocycles. The van der Waals surface area contributed by atoms with Crippen LogP contribution in [-0.4, -0.2) is 36.6 Å². The second kappa shape index (κ2) is 7.26. The number of hydrogen-bond acceptors (Lipinski definition) is 2. The highest BCUT2D eigenvalue weighted by molar-refractivity contribution is 4.87. The normalized spacial score (nSPS) is 24.3. The molecule has 0 aromatic carbocycles. The topological polar surface area (TPSA) is 15.3 Å². The monoisotopic (exact) mass is 282 g/mol. The molecule has 1 aliphatic heterocycles. The second-order valence-corrected chi connectivity index (χ2v) is 8.69. The SMILES string of the molecule is CCCC(C)(CNC(C)(C)C)CN1CCC(C(C)C)C1. The Kier molecular flexibility index (Phi) is 6.53. The maximum Gasteiger partial charge on any atom is 0.00967 e. The van der Waals surface area contributed by atoms with Crippen molar-refractivity contribution in [1.82, 2.24) is 10.2 Å². The van der Waals surface area contributed by atoms with Crippen molar-refractivity contribution in [1.29, 1.82) is 0 Å². The molecule has 1 saturated heterocycles. The first-order valence-corrected chi connectivity index (χ1v) is 8.62. The fourth-order valence-electron chi connectivity index (χ4n) is 3.40. The van der Waals surface area contributed by atoms with Gasteiger partial charge in [-0.1, -0.05) is 34.1 Å². The van der Waals surface area contributed by atoms with Gasteiger partial charge in [-0.3, -0.25) is 0 Å². The van der Waals surface area contributed by atoms with E-state index in [9.17, 15) is 0 Å². The first-order valence-electron chi connectivity index (χ1n) is 8.62. The Morgan fingerprint density at radius 2 is 1.85 bits per heavy atom. The molecule has 2 heteroatoms. The van der Waals surface area contributed by atoms with Gasteiger partial charge in [-0.15, -0.1) is 0 Å². The highest BCUT2D eigenvalue weighted by Gasteiger charge is 2.32. The Morgan fingerprint density at radius 1 is 1.20 bits per heavy atom. The molecule has 120 valence electrons. The molecule has 0 aliphatic carbocycles. The predicted molar refractivity (Wildman–Crippen MR) is 90.2 cm³/mol. The maximum atomic E-state index is 3.73. The molecule has 1 N–H and O–H groups in total. The summed E-state index contributed by atoms with van der Waals surface area (Å²) in [5.41, 5.74) is 0.633. The number of hydrogen-bond donors (Lipinski definition) is 1. The van der Waals surface area contributed by atoms with Crippen molar-refractivity contribution in [2.45, 2.75) is 73.3 Å². The van der Waals surface area contributed by atoms with Crippen LogP contribution in [0.15, 0.2) is 0 Å². The largest absolute Gasteiger partial charge is 0.311 e. The molecule has 2 nitrogen and oxygen atoms in total. The van der Waals surface area contributed by atoms with E-state index in [4.69, 9.17) is 0 Å². The van der Waals surface area contributed by atoms with Crippen molar-refractivity contribution in [3.63, 3.8) is 0 Å². The lowest BCUT2D eigenvalue weighted by Crippen LogP contribution is -2.47. The summed E-state index contributed by atoms with van der Waals surface area (Å²) in [6.45, 7) is 21.3. The van der Waals surface area contributed by atoms with Crippen LogP contribution in [-0.2, 0) is 0 Å². The van der Waals surface area contributed by atoms with Crippen molar-refractivity contribution in [2.75, 3.05) is 26.2 Å². The van der Waals surface area contributed by atoms with Gasteiger partial charge in [0.1, 0.15) is 0 Å².